The van der Waals surface area contributed by atoms with Crippen molar-refractivity contribution in [2.75, 3.05) is 19.7 Å². The van der Waals surface area contributed by atoms with E-state index >= 15 is 0 Å². The van der Waals surface area contributed by atoms with Gasteiger partial charge in [0.1, 0.15) is 17.8 Å². The maximum Gasteiger partial charge on any atom is 0.139 e. The minimum absolute atomic E-state index is 0. The van der Waals surface area contributed by atoms with E-state index in [-0.39, 0.29) is 12.4 Å². The molecule has 1 fully saturated rings. The predicted octanol–water partition coefficient (Wildman–Crippen LogP) is 3.30. The van der Waals surface area contributed by atoms with Crippen molar-refractivity contribution in [2.24, 2.45) is 5.41 Å². The molecular formula is C12H13Cl3N2O. The second-order valence-corrected chi connectivity index (χ2v) is 5.03. The van der Waals surface area contributed by atoms with Crippen molar-refractivity contribution in [3.05, 3.63) is 28.2 Å². The third kappa shape index (κ3) is 3.43. The van der Waals surface area contributed by atoms with E-state index in [2.05, 4.69) is 11.4 Å². The molecule has 6 heteroatoms. The van der Waals surface area contributed by atoms with Gasteiger partial charge in [-0.3, -0.25) is 0 Å². The van der Waals surface area contributed by atoms with Crippen molar-refractivity contribution < 1.29 is 4.74 Å². The Morgan fingerprint density at radius 3 is 2.83 bits per heavy atom. The fraction of sp³-hybridized carbons (Fsp3) is 0.417. The zero-order valence-electron chi connectivity index (χ0n) is 9.58. The van der Waals surface area contributed by atoms with Crippen molar-refractivity contribution in [3.63, 3.8) is 0 Å². The van der Waals surface area contributed by atoms with E-state index in [1.165, 1.54) is 0 Å². The first kappa shape index (κ1) is 15.4. The Hall–Kier alpha value is -0.660. The standard InChI is InChI=1S/C12H12Cl2N2O.ClH/c13-9-1-2-10(14)11(5-9)17-8-12(6-15)3-4-16-7-12;/h1-2,5,16H,3-4,7-8H2;1H. The Bertz CT molecular complexity index is 453. The summed E-state index contributed by atoms with van der Waals surface area (Å²) in [6.45, 7) is 1.83. The molecule has 0 aliphatic carbocycles. The third-order valence-electron chi connectivity index (χ3n) is 2.88. The quantitative estimate of drug-likeness (QED) is 0.932. The monoisotopic (exact) mass is 306 g/mol. The van der Waals surface area contributed by atoms with Gasteiger partial charge < -0.3 is 10.1 Å². The highest BCUT2D eigenvalue weighted by Gasteiger charge is 2.35. The first-order chi connectivity index (χ1) is 8.15. The Morgan fingerprint density at radius 1 is 1.44 bits per heavy atom. The van der Waals surface area contributed by atoms with Crippen LogP contribution in [-0.4, -0.2) is 19.7 Å². The van der Waals surface area contributed by atoms with E-state index in [1.54, 1.807) is 18.2 Å². The molecule has 0 radical (unpaired) electrons. The smallest absolute Gasteiger partial charge is 0.139 e. The number of ether oxygens (including phenoxy) is 1. The molecule has 1 aliphatic rings. The lowest BCUT2D eigenvalue weighted by atomic mass is 9.90. The lowest BCUT2D eigenvalue weighted by Crippen LogP contribution is -2.29. The van der Waals surface area contributed by atoms with Gasteiger partial charge in [-0.05, 0) is 25.1 Å². The molecule has 0 amide bonds. The maximum atomic E-state index is 9.19. The van der Waals surface area contributed by atoms with Crippen LogP contribution in [-0.2, 0) is 0 Å². The molecule has 3 nitrogen and oxygen atoms in total. The van der Waals surface area contributed by atoms with Crippen molar-refractivity contribution in [2.45, 2.75) is 6.42 Å². The van der Waals surface area contributed by atoms with Gasteiger partial charge in [-0.2, -0.15) is 5.26 Å². The normalized spacial score (nSPS) is 22.1. The van der Waals surface area contributed by atoms with Crippen LogP contribution in [0.4, 0.5) is 0 Å². The lowest BCUT2D eigenvalue weighted by molar-refractivity contribution is 0.212. The number of halogens is 3. The highest BCUT2D eigenvalue weighted by molar-refractivity contribution is 6.34. The predicted molar refractivity (Wildman–Crippen MR) is 74.7 cm³/mol. The average Bonchev–Trinajstić information content (AvgIpc) is 2.80. The molecule has 1 heterocycles. The van der Waals surface area contributed by atoms with Gasteiger partial charge in [0.15, 0.2) is 0 Å². The molecule has 2 rings (SSSR count). The molecule has 1 atom stereocenters. The molecule has 0 bridgehead atoms. The zero-order valence-corrected chi connectivity index (χ0v) is 11.9. The minimum atomic E-state index is -0.453. The number of nitrogens with zero attached hydrogens (tertiary/aromatic N) is 1. The summed E-state index contributed by atoms with van der Waals surface area (Å²) in [6.07, 6.45) is 0.793. The van der Waals surface area contributed by atoms with Crippen LogP contribution in [0.1, 0.15) is 6.42 Å². The van der Waals surface area contributed by atoms with E-state index < -0.39 is 5.41 Å². The van der Waals surface area contributed by atoms with E-state index in [0.717, 1.165) is 13.0 Å². The molecule has 98 valence electrons. The Kier molecular flexibility index (Phi) is 5.55. The van der Waals surface area contributed by atoms with Crippen molar-refractivity contribution in [1.29, 1.82) is 5.26 Å². The Labute approximate surface area is 122 Å². The molecule has 1 aromatic rings. The largest absolute Gasteiger partial charge is 0.490 e. The second-order valence-electron chi connectivity index (χ2n) is 4.18. The van der Waals surface area contributed by atoms with E-state index in [1.807, 2.05) is 0 Å². The lowest BCUT2D eigenvalue weighted by Gasteiger charge is -2.20. The first-order valence-electron chi connectivity index (χ1n) is 5.35. The Morgan fingerprint density at radius 2 is 2.22 bits per heavy atom. The van der Waals surface area contributed by atoms with Crippen molar-refractivity contribution in [3.8, 4) is 11.8 Å². The summed E-state index contributed by atoms with van der Waals surface area (Å²) >= 11 is 11.9. The summed E-state index contributed by atoms with van der Waals surface area (Å²) in [7, 11) is 0. The minimum Gasteiger partial charge on any atom is -0.490 e. The van der Waals surface area contributed by atoms with Crippen LogP contribution in [0.25, 0.3) is 0 Å². The summed E-state index contributed by atoms with van der Waals surface area (Å²) in [5.74, 6) is 0.528. The molecular weight excluding hydrogens is 295 g/mol. The van der Waals surface area contributed by atoms with Gasteiger partial charge in [0.2, 0.25) is 0 Å². The summed E-state index contributed by atoms with van der Waals surface area (Å²) < 4.78 is 5.62. The number of nitriles is 1. The maximum absolute atomic E-state index is 9.19. The molecule has 0 spiro atoms. The van der Waals surface area contributed by atoms with Gasteiger partial charge in [0.25, 0.3) is 0 Å². The Balaban J connectivity index is 0.00000162. The van der Waals surface area contributed by atoms with Gasteiger partial charge in [-0.25, -0.2) is 0 Å². The summed E-state index contributed by atoms with van der Waals surface area (Å²) in [6, 6.07) is 7.37. The molecule has 1 saturated heterocycles. The van der Waals surface area contributed by atoms with Crippen molar-refractivity contribution >= 4 is 35.6 Å². The molecule has 1 unspecified atom stereocenters. The van der Waals surface area contributed by atoms with Gasteiger partial charge in [0.05, 0.1) is 11.1 Å². The van der Waals surface area contributed by atoms with Crippen molar-refractivity contribution in [1.82, 2.24) is 5.32 Å². The van der Waals surface area contributed by atoms with Gasteiger partial charge in [-0.1, -0.05) is 23.2 Å². The van der Waals surface area contributed by atoms with Crippen LogP contribution in [0.3, 0.4) is 0 Å². The molecule has 18 heavy (non-hydrogen) atoms. The number of rotatable bonds is 3. The van der Waals surface area contributed by atoms with Crippen LogP contribution in [0.2, 0.25) is 10.0 Å². The number of nitrogens with one attached hydrogen (secondary N) is 1. The summed E-state index contributed by atoms with van der Waals surface area (Å²) in [5, 5.41) is 13.4. The SMILES string of the molecule is Cl.N#CC1(COc2cc(Cl)ccc2Cl)CCNC1. The zero-order chi connectivity index (χ0) is 12.3. The molecule has 1 N–H and O–H groups in total. The number of benzene rings is 1. The number of hydrogen-bond donors (Lipinski definition) is 1. The molecule has 1 aliphatic heterocycles. The third-order valence-corrected chi connectivity index (χ3v) is 3.43. The second kappa shape index (κ2) is 6.49. The summed E-state index contributed by atoms with van der Waals surface area (Å²) in [4.78, 5) is 0. The van der Waals surface area contributed by atoms with E-state index in [0.29, 0.717) is 28.9 Å². The first-order valence-corrected chi connectivity index (χ1v) is 6.11. The fourth-order valence-electron chi connectivity index (χ4n) is 1.80. The van der Waals surface area contributed by atoms with Crippen LogP contribution < -0.4 is 10.1 Å². The molecule has 0 aromatic heterocycles. The van der Waals surface area contributed by atoms with E-state index in [9.17, 15) is 5.26 Å². The highest BCUT2D eigenvalue weighted by Crippen LogP contribution is 2.31. The summed E-state index contributed by atoms with van der Waals surface area (Å²) in [5.41, 5.74) is -0.453. The average molecular weight is 308 g/mol. The van der Waals surface area contributed by atoms with Crippen LogP contribution >= 0.6 is 35.6 Å². The molecule has 1 aromatic carbocycles. The van der Waals surface area contributed by atoms with E-state index in [4.69, 9.17) is 27.9 Å². The fourth-order valence-corrected chi connectivity index (χ4v) is 2.13. The van der Waals surface area contributed by atoms with Crippen LogP contribution in [0.5, 0.6) is 5.75 Å². The molecule has 0 saturated carbocycles. The van der Waals surface area contributed by atoms with Crippen LogP contribution in [0.15, 0.2) is 18.2 Å². The number of hydrogen-bond acceptors (Lipinski definition) is 3. The van der Waals surface area contributed by atoms with Crippen LogP contribution in [0, 0.1) is 16.7 Å². The van der Waals surface area contributed by atoms with Gasteiger partial charge in [0, 0.05) is 17.6 Å². The van der Waals surface area contributed by atoms with Gasteiger partial charge >= 0.3 is 0 Å². The van der Waals surface area contributed by atoms with Gasteiger partial charge in [-0.15, -0.1) is 12.4 Å². The topological polar surface area (TPSA) is 45.0 Å². The highest BCUT2D eigenvalue weighted by atomic mass is 35.5.